The molecule has 0 aliphatic rings. The number of thiol groups is 1. The van der Waals surface area contributed by atoms with Crippen LogP contribution in [0.1, 0.15) is 17.3 Å². The third kappa shape index (κ3) is 3.93. The van der Waals surface area contributed by atoms with Crippen molar-refractivity contribution in [2.75, 3.05) is 12.4 Å². The van der Waals surface area contributed by atoms with Gasteiger partial charge < -0.3 is 9.84 Å². The fraction of sp³-hybridized carbons (Fsp3) is 0.364. The molecule has 0 saturated carbocycles. The minimum atomic E-state index is -0.589. The first kappa shape index (κ1) is 12.1. The summed E-state index contributed by atoms with van der Waals surface area (Å²) in [5.74, 6) is 0.936. The molecule has 0 bridgehead atoms. The first-order valence-electron chi connectivity index (χ1n) is 4.66. The Morgan fingerprint density at radius 3 is 2.93 bits per heavy atom. The van der Waals surface area contributed by atoms with Crippen molar-refractivity contribution in [1.29, 1.82) is 0 Å². The monoisotopic (exact) mass is 226 g/mol. The first-order chi connectivity index (χ1) is 7.13. The molecule has 0 aliphatic heterocycles. The van der Waals surface area contributed by atoms with Crippen molar-refractivity contribution in [2.24, 2.45) is 0 Å². The Morgan fingerprint density at radius 2 is 2.33 bits per heavy atom. The second-order valence-electron chi connectivity index (χ2n) is 3.23. The molecule has 0 radical (unpaired) electrons. The summed E-state index contributed by atoms with van der Waals surface area (Å²) in [5.41, 5.74) is 0.605. The van der Waals surface area contributed by atoms with Crippen LogP contribution in [0.2, 0.25) is 0 Å². The van der Waals surface area contributed by atoms with E-state index in [0.717, 1.165) is 0 Å². The Bertz CT molecular complexity index is 338. The molecule has 3 nitrogen and oxygen atoms in total. The van der Waals surface area contributed by atoms with E-state index in [0.29, 0.717) is 17.1 Å². The lowest BCUT2D eigenvalue weighted by Gasteiger charge is -2.10. The van der Waals surface area contributed by atoms with Crippen LogP contribution in [0.3, 0.4) is 0 Å². The zero-order chi connectivity index (χ0) is 11.3. The van der Waals surface area contributed by atoms with Crippen LogP contribution in [0.15, 0.2) is 24.3 Å². The molecule has 15 heavy (non-hydrogen) atoms. The van der Waals surface area contributed by atoms with Gasteiger partial charge in [0.15, 0.2) is 5.78 Å². The maximum absolute atomic E-state index is 11.1. The van der Waals surface area contributed by atoms with Gasteiger partial charge in [-0.1, -0.05) is 12.1 Å². The number of hydrogen-bond donors (Lipinski definition) is 2. The SMILES string of the molecule is CC(=O)c1cccc(OCC(O)CS)c1. The molecule has 1 N–H and O–H groups in total. The Kier molecular flexibility index (Phi) is 4.65. The van der Waals surface area contributed by atoms with Crippen molar-refractivity contribution in [3.8, 4) is 5.75 Å². The third-order valence-electron chi connectivity index (χ3n) is 1.89. The number of aliphatic hydroxyl groups is 1. The van der Waals surface area contributed by atoms with E-state index in [-0.39, 0.29) is 12.4 Å². The van der Waals surface area contributed by atoms with Crippen molar-refractivity contribution in [3.05, 3.63) is 29.8 Å². The predicted octanol–water partition coefficient (Wildman–Crippen LogP) is 1.56. The molecular weight excluding hydrogens is 212 g/mol. The Balaban J connectivity index is 2.62. The van der Waals surface area contributed by atoms with Gasteiger partial charge in [0.1, 0.15) is 12.4 Å². The normalized spacial score (nSPS) is 12.2. The van der Waals surface area contributed by atoms with Gasteiger partial charge in [0.05, 0.1) is 6.10 Å². The van der Waals surface area contributed by atoms with Gasteiger partial charge in [0.2, 0.25) is 0 Å². The van der Waals surface area contributed by atoms with Gasteiger partial charge >= 0.3 is 0 Å². The highest BCUT2D eigenvalue weighted by molar-refractivity contribution is 7.80. The van der Waals surface area contributed by atoms with E-state index in [2.05, 4.69) is 12.6 Å². The molecule has 1 atom stereocenters. The molecule has 0 amide bonds. The van der Waals surface area contributed by atoms with Gasteiger partial charge in [-0.05, 0) is 19.1 Å². The second kappa shape index (κ2) is 5.78. The number of ether oxygens (including phenoxy) is 1. The van der Waals surface area contributed by atoms with Crippen LogP contribution in [0.5, 0.6) is 5.75 Å². The summed E-state index contributed by atoms with van der Waals surface area (Å²) in [4.78, 5) is 11.1. The zero-order valence-electron chi connectivity index (χ0n) is 8.51. The summed E-state index contributed by atoms with van der Waals surface area (Å²) in [6.07, 6.45) is -0.589. The minimum Gasteiger partial charge on any atom is -0.491 e. The lowest BCUT2D eigenvalue weighted by atomic mass is 10.1. The molecule has 0 heterocycles. The lowest BCUT2D eigenvalue weighted by Crippen LogP contribution is -2.18. The average Bonchev–Trinajstić information content (AvgIpc) is 2.26. The molecule has 82 valence electrons. The quantitative estimate of drug-likeness (QED) is 0.591. The van der Waals surface area contributed by atoms with E-state index in [1.54, 1.807) is 24.3 Å². The van der Waals surface area contributed by atoms with Gasteiger partial charge in [-0.3, -0.25) is 4.79 Å². The van der Waals surface area contributed by atoms with Crippen LogP contribution in [-0.4, -0.2) is 29.4 Å². The van der Waals surface area contributed by atoms with Crippen molar-refractivity contribution < 1.29 is 14.6 Å². The molecule has 0 saturated heterocycles. The summed E-state index contributed by atoms with van der Waals surface area (Å²) in [7, 11) is 0. The Labute approximate surface area is 94.5 Å². The smallest absolute Gasteiger partial charge is 0.159 e. The molecule has 1 aromatic carbocycles. The first-order valence-corrected chi connectivity index (χ1v) is 5.29. The van der Waals surface area contributed by atoms with Crippen LogP contribution in [0, 0.1) is 0 Å². The number of rotatable bonds is 5. The van der Waals surface area contributed by atoms with E-state index in [1.807, 2.05) is 0 Å². The summed E-state index contributed by atoms with van der Waals surface area (Å²) in [6.45, 7) is 1.69. The summed E-state index contributed by atoms with van der Waals surface area (Å²) in [6, 6.07) is 6.88. The molecule has 1 aromatic rings. The van der Waals surface area contributed by atoms with Crippen molar-refractivity contribution >= 4 is 18.4 Å². The molecule has 0 aromatic heterocycles. The molecule has 4 heteroatoms. The van der Waals surface area contributed by atoms with Crippen molar-refractivity contribution in [3.63, 3.8) is 0 Å². The zero-order valence-corrected chi connectivity index (χ0v) is 9.41. The largest absolute Gasteiger partial charge is 0.491 e. The molecule has 0 fully saturated rings. The van der Waals surface area contributed by atoms with E-state index >= 15 is 0 Å². The molecule has 0 aliphatic carbocycles. The number of carbonyl (C=O) groups excluding carboxylic acids is 1. The third-order valence-corrected chi connectivity index (χ3v) is 2.32. The fourth-order valence-corrected chi connectivity index (χ4v) is 1.16. The highest BCUT2D eigenvalue weighted by Crippen LogP contribution is 2.14. The standard InChI is InChI=1S/C11H14O3S/c1-8(12)9-3-2-4-11(5-9)14-6-10(13)7-15/h2-5,10,13,15H,6-7H2,1H3. The van der Waals surface area contributed by atoms with Crippen LogP contribution >= 0.6 is 12.6 Å². The van der Waals surface area contributed by atoms with Gasteiger partial charge in [-0.25, -0.2) is 0 Å². The summed E-state index contributed by atoms with van der Waals surface area (Å²) >= 11 is 3.93. The van der Waals surface area contributed by atoms with Crippen LogP contribution in [-0.2, 0) is 0 Å². The van der Waals surface area contributed by atoms with Gasteiger partial charge in [0, 0.05) is 11.3 Å². The molecule has 1 rings (SSSR count). The maximum atomic E-state index is 11.1. The van der Waals surface area contributed by atoms with E-state index in [4.69, 9.17) is 4.74 Å². The Morgan fingerprint density at radius 1 is 1.60 bits per heavy atom. The Hall–Kier alpha value is -1.00. The number of aliphatic hydroxyl groups excluding tert-OH is 1. The van der Waals surface area contributed by atoms with Crippen molar-refractivity contribution in [1.82, 2.24) is 0 Å². The number of benzene rings is 1. The summed E-state index contributed by atoms with van der Waals surface area (Å²) < 4.78 is 5.30. The summed E-state index contributed by atoms with van der Waals surface area (Å²) in [5, 5.41) is 9.23. The van der Waals surface area contributed by atoms with Crippen molar-refractivity contribution in [2.45, 2.75) is 13.0 Å². The molecule has 0 spiro atoms. The number of ketones is 1. The molecule has 1 unspecified atom stereocenters. The fourth-order valence-electron chi connectivity index (χ4n) is 1.05. The lowest BCUT2D eigenvalue weighted by molar-refractivity contribution is 0.101. The number of hydrogen-bond acceptors (Lipinski definition) is 4. The van der Waals surface area contributed by atoms with Crippen LogP contribution in [0.25, 0.3) is 0 Å². The van der Waals surface area contributed by atoms with Crippen LogP contribution in [0.4, 0.5) is 0 Å². The number of Topliss-reactive ketones (excluding diaryl/α,β-unsaturated/α-hetero) is 1. The van der Waals surface area contributed by atoms with E-state index < -0.39 is 6.10 Å². The molecular formula is C11H14O3S. The topological polar surface area (TPSA) is 46.5 Å². The predicted molar refractivity (Wildman–Crippen MR) is 61.8 cm³/mol. The van der Waals surface area contributed by atoms with E-state index in [1.165, 1.54) is 6.92 Å². The number of carbonyl (C=O) groups is 1. The van der Waals surface area contributed by atoms with E-state index in [9.17, 15) is 9.90 Å². The average molecular weight is 226 g/mol. The van der Waals surface area contributed by atoms with Gasteiger partial charge in [-0.15, -0.1) is 0 Å². The highest BCUT2D eigenvalue weighted by atomic mass is 32.1. The minimum absolute atomic E-state index is 0.00445. The highest BCUT2D eigenvalue weighted by Gasteiger charge is 2.04. The second-order valence-corrected chi connectivity index (χ2v) is 3.60. The van der Waals surface area contributed by atoms with Gasteiger partial charge in [-0.2, -0.15) is 12.6 Å². The van der Waals surface area contributed by atoms with Crippen LogP contribution < -0.4 is 4.74 Å². The van der Waals surface area contributed by atoms with Gasteiger partial charge in [0.25, 0.3) is 0 Å². The maximum Gasteiger partial charge on any atom is 0.159 e.